The van der Waals surface area contributed by atoms with Crippen LogP contribution in [0, 0.1) is 6.92 Å². The van der Waals surface area contributed by atoms with E-state index in [1.165, 1.54) is 11.1 Å². The number of aryl methyl sites for hydroxylation is 2. The molecule has 222 valence electrons. The molecule has 0 unspecified atom stereocenters. The highest BCUT2D eigenvalue weighted by molar-refractivity contribution is 5.88. The highest BCUT2D eigenvalue weighted by Gasteiger charge is 2.23. The van der Waals surface area contributed by atoms with Gasteiger partial charge in [-0.25, -0.2) is 19.6 Å². The topological polar surface area (TPSA) is 90.4 Å². The van der Waals surface area contributed by atoms with Crippen LogP contribution in [-0.2, 0) is 13.6 Å². The lowest BCUT2D eigenvalue weighted by Crippen LogP contribution is -2.34. The molecule has 0 amide bonds. The Hall–Kier alpha value is -5.28. The van der Waals surface area contributed by atoms with Crippen molar-refractivity contribution in [2.45, 2.75) is 32.4 Å². The van der Waals surface area contributed by atoms with Gasteiger partial charge in [-0.1, -0.05) is 66.7 Å². The smallest absolute Gasteiger partial charge is 0.181 e. The molecule has 0 saturated carbocycles. The van der Waals surface area contributed by atoms with Crippen LogP contribution in [0.1, 0.15) is 30.3 Å². The third-order valence-electron chi connectivity index (χ3n) is 8.92. The van der Waals surface area contributed by atoms with E-state index in [-0.39, 0.29) is 0 Å². The number of likely N-dealkylation sites (tertiary alicyclic amines) is 1. The van der Waals surface area contributed by atoms with Crippen LogP contribution in [0.5, 0.6) is 0 Å². The molecule has 0 atom stereocenters. The average Bonchev–Trinajstić information content (AvgIpc) is 3.67. The fraction of sp³-hybridized carbons (Fsp3) is 0.222. The molecule has 9 nitrogen and oxygen atoms in total. The van der Waals surface area contributed by atoms with E-state index in [0.717, 1.165) is 82.9 Å². The molecule has 0 spiro atoms. The molecule has 0 N–H and O–H groups in total. The zero-order chi connectivity index (χ0) is 30.3. The van der Waals surface area contributed by atoms with Gasteiger partial charge in [-0.2, -0.15) is 0 Å². The van der Waals surface area contributed by atoms with Gasteiger partial charge in [0.25, 0.3) is 0 Å². The Morgan fingerprint density at radius 1 is 0.689 bits per heavy atom. The lowest BCUT2D eigenvalue weighted by Gasteiger charge is -2.33. The Labute approximate surface area is 261 Å². The molecule has 1 aliphatic rings. The number of fused-ring (bicyclic) bond motifs is 2. The fourth-order valence-corrected chi connectivity index (χ4v) is 6.65. The van der Waals surface area contributed by atoms with Gasteiger partial charge in [-0.15, -0.1) is 5.10 Å². The summed E-state index contributed by atoms with van der Waals surface area (Å²) in [4.78, 5) is 17.6. The number of hydrogen-bond acceptors (Lipinski definition) is 7. The second-order valence-corrected chi connectivity index (χ2v) is 11.8. The van der Waals surface area contributed by atoms with Gasteiger partial charge in [0, 0.05) is 49.4 Å². The van der Waals surface area contributed by atoms with Gasteiger partial charge in [0.15, 0.2) is 5.82 Å². The quantitative estimate of drug-likeness (QED) is 0.214. The monoisotopic (exact) mass is 591 g/mol. The van der Waals surface area contributed by atoms with Crippen molar-refractivity contribution >= 4 is 22.1 Å². The van der Waals surface area contributed by atoms with Crippen molar-refractivity contribution in [1.29, 1.82) is 0 Å². The molecule has 9 heteroatoms. The van der Waals surface area contributed by atoms with Gasteiger partial charge >= 0.3 is 0 Å². The minimum absolute atomic E-state index is 0.493. The van der Waals surface area contributed by atoms with Crippen molar-refractivity contribution in [1.82, 2.24) is 44.6 Å². The van der Waals surface area contributed by atoms with Crippen molar-refractivity contribution in [3.63, 3.8) is 0 Å². The first kappa shape index (κ1) is 27.3. The molecule has 45 heavy (non-hydrogen) atoms. The zero-order valence-corrected chi connectivity index (χ0v) is 25.4. The van der Waals surface area contributed by atoms with Crippen molar-refractivity contribution in [2.24, 2.45) is 7.05 Å². The van der Waals surface area contributed by atoms with Gasteiger partial charge < -0.3 is 4.57 Å². The highest BCUT2D eigenvalue weighted by Crippen LogP contribution is 2.33. The van der Waals surface area contributed by atoms with Gasteiger partial charge in [-0.3, -0.25) is 4.90 Å². The molecule has 8 rings (SSSR count). The molecule has 0 radical (unpaired) electrons. The summed E-state index contributed by atoms with van der Waals surface area (Å²) in [5, 5.41) is 11.9. The Kier molecular flexibility index (Phi) is 6.87. The third kappa shape index (κ3) is 5.15. The maximum Gasteiger partial charge on any atom is 0.181 e. The molecule has 7 aromatic rings. The minimum atomic E-state index is 0.493. The summed E-state index contributed by atoms with van der Waals surface area (Å²) in [5.74, 6) is 1.80. The van der Waals surface area contributed by atoms with Crippen LogP contribution in [0.25, 0.3) is 56.0 Å². The van der Waals surface area contributed by atoms with E-state index in [0.29, 0.717) is 11.9 Å². The van der Waals surface area contributed by atoms with E-state index >= 15 is 0 Å². The van der Waals surface area contributed by atoms with Crippen LogP contribution in [0.4, 0.5) is 0 Å². The fourth-order valence-electron chi connectivity index (χ4n) is 6.65. The number of para-hydroxylation sites is 2. The first-order chi connectivity index (χ1) is 22.1. The molecule has 1 saturated heterocycles. The van der Waals surface area contributed by atoms with Crippen molar-refractivity contribution < 1.29 is 0 Å². The van der Waals surface area contributed by atoms with Crippen LogP contribution in [0.3, 0.4) is 0 Å². The van der Waals surface area contributed by atoms with Gasteiger partial charge in [0.2, 0.25) is 0 Å². The summed E-state index contributed by atoms with van der Waals surface area (Å²) in [6, 6.07) is 34.1. The standard InChI is InChI=1S/C36H33N9/c1-24-37-31-10-6-7-11-33(31)45(24)29-18-20-44(21-19-29)23-25-12-14-27(15-13-25)35-34(26-8-4-3-5-9-26)39-32-22-28(16-17-30(32)38-35)36-40-41-42-43(36)2/h3-17,22,29H,18-21,23H2,1-2H3. The predicted octanol–water partition coefficient (Wildman–Crippen LogP) is 6.65. The molecule has 4 aromatic carbocycles. The number of nitrogens with zero attached hydrogens (tertiary/aromatic N) is 9. The molecule has 4 heterocycles. The maximum absolute atomic E-state index is 5.14. The van der Waals surface area contributed by atoms with Gasteiger partial charge in [-0.05, 0) is 66.1 Å². The third-order valence-corrected chi connectivity index (χ3v) is 8.92. The zero-order valence-electron chi connectivity index (χ0n) is 25.4. The van der Waals surface area contributed by atoms with Crippen LogP contribution in [0.2, 0.25) is 0 Å². The molecule has 1 fully saturated rings. The van der Waals surface area contributed by atoms with Crippen molar-refractivity contribution in [2.75, 3.05) is 13.1 Å². The maximum atomic E-state index is 5.14. The molecule has 1 aliphatic heterocycles. The molecule has 3 aromatic heterocycles. The molecule has 0 bridgehead atoms. The van der Waals surface area contributed by atoms with Crippen LogP contribution >= 0.6 is 0 Å². The van der Waals surface area contributed by atoms with E-state index in [4.69, 9.17) is 15.0 Å². The number of benzene rings is 4. The van der Waals surface area contributed by atoms with Crippen molar-refractivity contribution in [3.05, 3.63) is 108 Å². The summed E-state index contributed by atoms with van der Waals surface area (Å²) < 4.78 is 4.11. The largest absolute Gasteiger partial charge is 0.325 e. The predicted molar refractivity (Wildman–Crippen MR) is 176 cm³/mol. The normalized spacial score (nSPS) is 14.4. The van der Waals surface area contributed by atoms with Crippen LogP contribution in [-0.4, -0.2) is 57.7 Å². The van der Waals surface area contributed by atoms with E-state index in [1.54, 1.807) is 4.68 Å². The first-order valence-electron chi connectivity index (χ1n) is 15.5. The van der Waals surface area contributed by atoms with E-state index in [2.05, 4.69) is 92.6 Å². The Balaban J connectivity index is 1.04. The SMILES string of the molecule is Cc1nc2ccccc2n1C1CCN(Cc2ccc(-c3nc4ccc(-c5nnnn5C)cc4nc3-c3ccccc3)cc2)CC1. The summed E-state index contributed by atoms with van der Waals surface area (Å²) >= 11 is 0. The summed E-state index contributed by atoms with van der Waals surface area (Å²) in [5.41, 5.74) is 9.98. The number of rotatable bonds is 6. The number of aromatic nitrogens is 8. The lowest BCUT2D eigenvalue weighted by molar-refractivity contribution is 0.180. The van der Waals surface area contributed by atoms with Gasteiger partial charge in [0.05, 0.1) is 33.5 Å². The first-order valence-corrected chi connectivity index (χ1v) is 15.5. The Morgan fingerprint density at radius 2 is 1.38 bits per heavy atom. The number of hydrogen-bond donors (Lipinski definition) is 0. The molecular weight excluding hydrogens is 558 g/mol. The second kappa shape index (κ2) is 11.3. The lowest BCUT2D eigenvalue weighted by atomic mass is 10.0. The Bertz CT molecular complexity index is 2120. The summed E-state index contributed by atoms with van der Waals surface area (Å²) in [6.45, 7) is 5.20. The molecule has 0 aliphatic carbocycles. The highest BCUT2D eigenvalue weighted by atomic mass is 15.5. The van der Waals surface area contributed by atoms with Crippen molar-refractivity contribution in [3.8, 4) is 33.9 Å². The number of piperidine rings is 1. The van der Waals surface area contributed by atoms with E-state index < -0.39 is 0 Å². The van der Waals surface area contributed by atoms with Crippen LogP contribution in [0.15, 0.2) is 97.1 Å². The summed E-state index contributed by atoms with van der Waals surface area (Å²) in [7, 11) is 1.83. The summed E-state index contributed by atoms with van der Waals surface area (Å²) in [6.07, 6.45) is 2.25. The number of imidazole rings is 1. The minimum Gasteiger partial charge on any atom is -0.325 e. The number of tetrazole rings is 1. The second-order valence-electron chi connectivity index (χ2n) is 11.8. The van der Waals surface area contributed by atoms with Crippen LogP contribution < -0.4 is 0 Å². The van der Waals surface area contributed by atoms with E-state index in [1.807, 2.05) is 43.4 Å². The van der Waals surface area contributed by atoms with E-state index in [9.17, 15) is 0 Å². The molecular formula is C36H33N9. The Morgan fingerprint density at radius 3 is 2.13 bits per heavy atom. The average molecular weight is 592 g/mol. The van der Waals surface area contributed by atoms with Gasteiger partial charge in [0.1, 0.15) is 5.82 Å².